The first-order chi connectivity index (χ1) is 8.63. The minimum atomic E-state index is -0.0801. The van der Waals surface area contributed by atoms with Gasteiger partial charge in [-0.3, -0.25) is 4.79 Å². The van der Waals surface area contributed by atoms with Gasteiger partial charge in [0.1, 0.15) is 6.61 Å². The third kappa shape index (κ3) is 5.85. The monoisotopic (exact) mass is 289 g/mol. The fourth-order valence-corrected chi connectivity index (χ4v) is 2.60. The van der Waals surface area contributed by atoms with Crippen molar-refractivity contribution in [2.75, 3.05) is 13.2 Å². The number of hydrogen-bond donors (Lipinski definition) is 1. The Kier molecular flexibility index (Phi) is 7.32. The molecule has 1 unspecified atom stereocenters. The van der Waals surface area contributed by atoms with Crippen LogP contribution in [0.5, 0.6) is 0 Å². The summed E-state index contributed by atoms with van der Waals surface area (Å²) in [6, 6.07) is 3.75. The van der Waals surface area contributed by atoms with Crippen LogP contribution in [0, 0.1) is 0 Å². The molecule has 1 heterocycles. The zero-order valence-electron chi connectivity index (χ0n) is 10.9. The zero-order valence-corrected chi connectivity index (χ0v) is 12.4. The van der Waals surface area contributed by atoms with Gasteiger partial charge in [-0.1, -0.05) is 31.4 Å². The van der Waals surface area contributed by atoms with E-state index in [2.05, 4.69) is 12.2 Å². The molecule has 0 saturated carbocycles. The van der Waals surface area contributed by atoms with Crippen molar-refractivity contribution < 1.29 is 9.53 Å². The molecule has 1 aromatic heterocycles. The molecular weight excluding hydrogens is 270 g/mol. The highest BCUT2D eigenvalue weighted by Crippen LogP contribution is 2.26. The number of amides is 1. The number of hydrogen-bond acceptors (Lipinski definition) is 3. The van der Waals surface area contributed by atoms with E-state index in [4.69, 9.17) is 16.3 Å². The summed E-state index contributed by atoms with van der Waals surface area (Å²) in [4.78, 5) is 12.7. The third-order valence-corrected chi connectivity index (χ3v) is 3.94. The summed E-state index contributed by atoms with van der Waals surface area (Å²) >= 11 is 7.34. The molecule has 0 spiro atoms. The van der Waals surface area contributed by atoms with Crippen LogP contribution >= 0.6 is 22.9 Å². The first kappa shape index (κ1) is 15.5. The van der Waals surface area contributed by atoms with Crippen LogP contribution in [-0.2, 0) is 9.53 Å². The van der Waals surface area contributed by atoms with E-state index in [-0.39, 0.29) is 18.6 Å². The molecule has 0 aromatic carbocycles. The second kappa shape index (κ2) is 8.51. The van der Waals surface area contributed by atoms with Gasteiger partial charge in [-0.15, -0.1) is 11.3 Å². The lowest BCUT2D eigenvalue weighted by Crippen LogP contribution is -2.29. The molecule has 3 nitrogen and oxygen atoms in total. The molecule has 0 aliphatic heterocycles. The second-order valence-electron chi connectivity index (χ2n) is 4.19. The van der Waals surface area contributed by atoms with Crippen molar-refractivity contribution >= 4 is 28.8 Å². The van der Waals surface area contributed by atoms with E-state index >= 15 is 0 Å². The smallest absolute Gasteiger partial charge is 0.246 e. The van der Waals surface area contributed by atoms with Gasteiger partial charge in [-0.25, -0.2) is 0 Å². The molecule has 5 heteroatoms. The predicted octanol–water partition coefficient (Wildman–Crippen LogP) is 3.79. The molecule has 1 atom stereocenters. The molecular formula is C13H20ClNO2S. The van der Waals surface area contributed by atoms with Gasteiger partial charge < -0.3 is 10.1 Å². The van der Waals surface area contributed by atoms with Crippen LogP contribution in [0.15, 0.2) is 12.1 Å². The maximum absolute atomic E-state index is 11.6. The third-order valence-electron chi connectivity index (χ3n) is 2.52. The van der Waals surface area contributed by atoms with Crippen LogP contribution in [0.4, 0.5) is 0 Å². The number of carbonyl (C=O) groups excluding carboxylic acids is 1. The number of ether oxygens (including phenoxy) is 1. The molecule has 102 valence electrons. The normalized spacial score (nSPS) is 12.4. The average Bonchev–Trinajstić information content (AvgIpc) is 2.75. The van der Waals surface area contributed by atoms with Gasteiger partial charge in [0.05, 0.1) is 10.4 Å². The van der Waals surface area contributed by atoms with Crippen molar-refractivity contribution in [3.05, 3.63) is 21.3 Å². The summed E-state index contributed by atoms with van der Waals surface area (Å²) in [6.07, 6.45) is 3.32. The van der Waals surface area contributed by atoms with Crippen molar-refractivity contribution in [3.8, 4) is 0 Å². The van der Waals surface area contributed by atoms with E-state index in [0.29, 0.717) is 6.61 Å². The van der Waals surface area contributed by atoms with Gasteiger partial charge in [0.25, 0.3) is 0 Å². The van der Waals surface area contributed by atoms with Gasteiger partial charge >= 0.3 is 0 Å². The fraction of sp³-hybridized carbons (Fsp3) is 0.615. The summed E-state index contributed by atoms with van der Waals surface area (Å²) in [7, 11) is 0. The predicted molar refractivity (Wildman–Crippen MR) is 76.2 cm³/mol. The van der Waals surface area contributed by atoms with Gasteiger partial charge in [0.15, 0.2) is 0 Å². The Morgan fingerprint density at radius 3 is 2.89 bits per heavy atom. The molecule has 0 fully saturated rings. The zero-order chi connectivity index (χ0) is 13.4. The Morgan fingerprint density at radius 2 is 2.28 bits per heavy atom. The number of thiophene rings is 1. The lowest BCUT2D eigenvalue weighted by Gasteiger charge is -2.12. The van der Waals surface area contributed by atoms with Crippen molar-refractivity contribution in [3.63, 3.8) is 0 Å². The minimum absolute atomic E-state index is 0.0192. The van der Waals surface area contributed by atoms with Crippen LogP contribution in [-0.4, -0.2) is 19.1 Å². The van der Waals surface area contributed by atoms with Crippen LogP contribution in [0.3, 0.4) is 0 Å². The van der Waals surface area contributed by atoms with Gasteiger partial charge in [-0.2, -0.15) is 0 Å². The van der Waals surface area contributed by atoms with Crippen molar-refractivity contribution in [2.24, 2.45) is 0 Å². The van der Waals surface area contributed by atoms with E-state index in [1.807, 2.05) is 19.1 Å². The highest BCUT2D eigenvalue weighted by Gasteiger charge is 2.11. The lowest BCUT2D eigenvalue weighted by molar-refractivity contribution is -0.126. The van der Waals surface area contributed by atoms with Crippen molar-refractivity contribution in [2.45, 2.75) is 39.2 Å². The summed E-state index contributed by atoms with van der Waals surface area (Å²) in [5.41, 5.74) is 0. The Hall–Kier alpha value is -0.580. The summed E-state index contributed by atoms with van der Waals surface area (Å²) < 4.78 is 6.04. The van der Waals surface area contributed by atoms with E-state index in [1.165, 1.54) is 11.3 Å². The van der Waals surface area contributed by atoms with E-state index in [9.17, 15) is 4.79 Å². The summed E-state index contributed by atoms with van der Waals surface area (Å²) in [6.45, 7) is 4.87. The molecule has 18 heavy (non-hydrogen) atoms. The maximum atomic E-state index is 11.6. The summed E-state index contributed by atoms with van der Waals surface area (Å²) in [5, 5.41) is 2.89. The van der Waals surface area contributed by atoms with Crippen LogP contribution < -0.4 is 5.32 Å². The Balaban J connectivity index is 2.19. The second-order valence-corrected chi connectivity index (χ2v) is 5.94. The van der Waals surface area contributed by atoms with E-state index in [1.54, 1.807) is 0 Å². The van der Waals surface area contributed by atoms with Crippen molar-refractivity contribution in [1.29, 1.82) is 0 Å². The molecule has 0 saturated heterocycles. The van der Waals surface area contributed by atoms with Gasteiger partial charge in [0, 0.05) is 11.5 Å². The Bertz CT molecular complexity index is 368. The van der Waals surface area contributed by atoms with Gasteiger partial charge in [0.2, 0.25) is 5.91 Å². The van der Waals surface area contributed by atoms with Gasteiger partial charge in [-0.05, 0) is 25.5 Å². The average molecular weight is 290 g/mol. The maximum Gasteiger partial charge on any atom is 0.246 e. The molecule has 0 bridgehead atoms. The highest BCUT2D eigenvalue weighted by atomic mass is 35.5. The molecule has 1 amide bonds. The molecule has 0 aliphatic rings. The largest absolute Gasteiger partial charge is 0.372 e. The quantitative estimate of drug-likeness (QED) is 0.740. The number of unbranched alkanes of at least 4 members (excludes halogenated alkanes) is 2. The van der Waals surface area contributed by atoms with E-state index in [0.717, 1.165) is 28.5 Å². The standard InChI is InChI=1S/C13H20ClNO2S/c1-3-4-5-8-17-9-13(16)15-10(2)11-6-7-12(14)18-11/h6-7,10H,3-5,8-9H2,1-2H3,(H,15,16). The van der Waals surface area contributed by atoms with E-state index < -0.39 is 0 Å². The molecule has 0 radical (unpaired) electrons. The first-order valence-corrected chi connectivity index (χ1v) is 7.45. The van der Waals surface area contributed by atoms with Crippen LogP contribution in [0.25, 0.3) is 0 Å². The Labute approximate surface area is 117 Å². The SMILES string of the molecule is CCCCCOCC(=O)NC(C)c1ccc(Cl)s1. The Morgan fingerprint density at radius 1 is 1.50 bits per heavy atom. The number of halogens is 1. The molecule has 1 rings (SSSR count). The minimum Gasteiger partial charge on any atom is -0.372 e. The number of rotatable bonds is 8. The summed E-state index contributed by atoms with van der Waals surface area (Å²) in [5.74, 6) is -0.0801. The number of carbonyl (C=O) groups is 1. The fourth-order valence-electron chi connectivity index (χ4n) is 1.53. The highest BCUT2D eigenvalue weighted by molar-refractivity contribution is 7.16. The molecule has 1 aromatic rings. The van der Waals surface area contributed by atoms with Crippen LogP contribution in [0.2, 0.25) is 4.34 Å². The van der Waals surface area contributed by atoms with Crippen LogP contribution in [0.1, 0.15) is 44.0 Å². The first-order valence-electron chi connectivity index (χ1n) is 6.25. The number of nitrogens with one attached hydrogen (secondary N) is 1. The lowest BCUT2D eigenvalue weighted by atomic mass is 10.3. The molecule has 1 N–H and O–H groups in total. The topological polar surface area (TPSA) is 38.3 Å². The van der Waals surface area contributed by atoms with Crippen molar-refractivity contribution in [1.82, 2.24) is 5.32 Å². The molecule has 0 aliphatic carbocycles.